The molecule has 0 unspecified atom stereocenters. The Bertz CT molecular complexity index is 559. The maximum atomic E-state index is 5.91. The zero-order chi connectivity index (χ0) is 13.1. The molecule has 0 aliphatic rings. The van der Waals surface area contributed by atoms with Crippen LogP contribution in [-0.4, -0.2) is 0 Å². The second-order valence-corrected chi connectivity index (χ2v) is 4.80. The van der Waals surface area contributed by atoms with E-state index >= 15 is 0 Å². The average molecular weight is 240 g/mol. The molecular formula is C16H20N2. The normalized spacial score (nSPS) is 10.4. The lowest BCUT2D eigenvalue weighted by Gasteiger charge is -2.13. The molecule has 18 heavy (non-hydrogen) atoms. The molecule has 0 saturated carbocycles. The van der Waals surface area contributed by atoms with Gasteiger partial charge in [-0.05, 0) is 55.2 Å². The number of nitrogen functional groups attached to an aromatic ring is 1. The molecular weight excluding hydrogens is 220 g/mol. The van der Waals surface area contributed by atoms with E-state index in [0.29, 0.717) is 0 Å². The summed E-state index contributed by atoms with van der Waals surface area (Å²) >= 11 is 0. The van der Waals surface area contributed by atoms with E-state index in [1.54, 1.807) is 0 Å². The van der Waals surface area contributed by atoms with Crippen LogP contribution in [0.15, 0.2) is 36.4 Å². The fourth-order valence-electron chi connectivity index (χ4n) is 2.06. The molecule has 2 rings (SSSR count). The van der Waals surface area contributed by atoms with Crippen LogP contribution in [0.4, 0.5) is 11.4 Å². The Morgan fingerprint density at radius 1 is 0.944 bits per heavy atom. The highest BCUT2D eigenvalue weighted by Gasteiger charge is 2.03. The van der Waals surface area contributed by atoms with E-state index in [4.69, 9.17) is 5.73 Å². The van der Waals surface area contributed by atoms with Crippen LogP contribution in [0.5, 0.6) is 0 Å². The molecule has 0 atom stereocenters. The van der Waals surface area contributed by atoms with Crippen molar-refractivity contribution in [2.75, 3.05) is 11.1 Å². The number of nitrogens with two attached hydrogens (primary N) is 1. The van der Waals surface area contributed by atoms with Gasteiger partial charge in [-0.25, -0.2) is 0 Å². The van der Waals surface area contributed by atoms with Gasteiger partial charge in [0, 0.05) is 6.54 Å². The van der Waals surface area contributed by atoms with Crippen molar-refractivity contribution in [2.24, 2.45) is 0 Å². The van der Waals surface area contributed by atoms with E-state index in [9.17, 15) is 0 Å². The molecule has 2 aromatic rings. The Morgan fingerprint density at radius 3 is 2.33 bits per heavy atom. The van der Waals surface area contributed by atoms with Crippen LogP contribution in [0.2, 0.25) is 0 Å². The molecule has 2 aromatic carbocycles. The molecule has 0 bridgehead atoms. The first-order valence-electron chi connectivity index (χ1n) is 6.23. The summed E-state index contributed by atoms with van der Waals surface area (Å²) in [6.45, 7) is 7.25. The minimum atomic E-state index is 0.791. The van der Waals surface area contributed by atoms with Crippen molar-refractivity contribution in [2.45, 2.75) is 27.3 Å². The zero-order valence-electron chi connectivity index (χ0n) is 11.2. The first-order chi connectivity index (χ1) is 8.58. The van der Waals surface area contributed by atoms with Gasteiger partial charge >= 0.3 is 0 Å². The molecule has 0 saturated heterocycles. The number of nitrogens with one attached hydrogen (secondary N) is 1. The van der Waals surface area contributed by atoms with E-state index in [1.165, 1.54) is 22.3 Å². The van der Waals surface area contributed by atoms with Crippen molar-refractivity contribution in [3.05, 3.63) is 58.7 Å². The standard InChI is InChI=1S/C16H20N2/c1-11-8-13(3)14(9-12(11)2)10-18-16-7-5-4-6-15(16)17/h4-9,18H,10,17H2,1-3H3. The van der Waals surface area contributed by atoms with Crippen LogP contribution in [0.25, 0.3) is 0 Å². The summed E-state index contributed by atoms with van der Waals surface area (Å²) in [6.07, 6.45) is 0. The Balaban J connectivity index is 2.16. The van der Waals surface area contributed by atoms with Crippen LogP contribution in [0, 0.1) is 20.8 Å². The fraction of sp³-hybridized carbons (Fsp3) is 0.250. The lowest BCUT2D eigenvalue weighted by Crippen LogP contribution is -2.04. The third kappa shape index (κ3) is 2.65. The second kappa shape index (κ2) is 5.13. The highest BCUT2D eigenvalue weighted by atomic mass is 14.9. The van der Waals surface area contributed by atoms with Crippen LogP contribution in [0.1, 0.15) is 22.3 Å². The lowest BCUT2D eigenvalue weighted by atomic mass is 10.0. The predicted octanol–water partition coefficient (Wildman–Crippen LogP) is 3.81. The van der Waals surface area contributed by atoms with Crippen molar-refractivity contribution >= 4 is 11.4 Å². The average Bonchev–Trinajstić information content (AvgIpc) is 2.34. The van der Waals surface area contributed by atoms with Gasteiger partial charge < -0.3 is 11.1 Å². The van der Waals surface area contributed by atoms with E-state index in [2.05, 4.69) is 38.2 Å². The van der Waals surface area contributed by atoms with Crippen LogP contribution in [-0.2, 0) is 6.54 Å². The first kappa shape index (κ1) is 12.5. The molecule has 94 valence electrons. The summed E-state index contributed by atoms with van der Waals surface area (Å²) < 4.78 is 0. The fourth-order valence-corrected chi connectivity index (χ4v) is 2.06. The monoisotopic (exact) mass is 240 g/mol. The van der Waals surface area contributed by atoms with Gasteiger partial charge in [0.15, 0.2) is 0 Å². The van der Waals surface area contributed by atoms with Gasteiger partial charge in [-0.3, -0.25) is 0 Å². The van der Waals surface area contributed by atoms with Crippen LogP contribution < -0.4 is 11.1 Å². The third-order valence-electron chi connectivity index (χ3n) is 3.38. The number of benzene rings is 2. The van der Waals surface area contributed by atoms with Gasteiger partial charge in [-0.2, -0.15) is 0 Å². The summed E-state index contributed by atoms with van der Waals surface area (Å²) in [5, 5.41) is 3.39. The molecule has 0 aliphatic carbocycles. The van der Waals surface area contributed by atoms with Crippen molar-refractivity contribution in [1.82, 2.24) is 0 Å². The number of anilines is 2. The van der Waals surface area contributed by atoms with E-state index < -0.39 is 0 Å². The molecule has 0 heterocycles. The summed E-state index contributed by atoms with van der Waals surface area (Å²) in [5.41, 5.74) is 13.0. The largest absolute Gasteiger partial charge is 0.397 e. The van der Waals surface area contributed by atoms with E-state index in [0.717, 1.165) is 17.9 Å². The molecule has 0 aliphatic heterocycles. The summed E-state index contributed by atoms with van der Waals surface area (Å²) in [4.78, 5) is 0. The van der Waals surface area contributed by atoms with Gasteiger partial charge in [0.05, 0.1) is 11.4 Å². The molecule has 3 N–H and O–H groups in total. The summed E-state index contributed by atoms with van der Waals surface area (Å²) in [7, 11) is 0. The quantitative estimate of drug-likeness (QED) is 0.801. The Labute approximate surface area is 109 Å². The Kier molecular flexibility index (Phi) is 3.56. The van der Waals surface area contributed by atoms with Crippen molar-refractivity contribution in [1.29, 1.82) is 0 Å². The number of aryl methyl sites for hydroxylation is 3. The molecule has 0 spiro atoms. The summed E-state index contributed by atoms with van der Waals surface area (Å²) in [6, 6.07) is 12.3. The van der Waals surface area contributed by atoms with E-state index in [1.807, 2.05) is 24.3 Å². The molecule has 0 amide bonds. The molecule has 0 radical (unpaired) electrons. The smallest absolute Gasteiger partial charge is 0.0576 e. The highest BCUT2D eigenvalue weighted by Crippen LogP contribution is 2.20. The number of hydrogen-bond donors (Lipinski definition) is 2. The highest BCUT2D eigenvalue weighted by molar-refractivity contribution is 5.65. The minimum absolute atomic E-state index is 0.791. The van der Waals surface area contributed by atoms with Gasteiger partial charge in [-0.15, -0.1) is 0 Å². The van der Waals surface area contributed by atoms with Crippen LogP contribution >= 0.6 is 0 Å². The molecule has 0 aromatic heterocycles. The van der Waals surface area contributed by atoms with E-state index in [-0.39, 0.29) is 0 Å². The molecule has 0 fully saturated rings. The van der Waals surface area contributed by atoms with Gasteiger partial charge in [0.1, 0.15) is 0 Å². The topological polar surface area (TPSA) is 38.0 Å². The zero-order valence-corrected chi connectivity index (χ0v) is 11.2. The minimum Gasteiger partial charge on any atom is -0.397 e. The van der Waals surface area contributed by atoms with Crippen molar-refractivity contribution in [3.63, 3.8) is 0 Å². The maximum Gasteiger partial charge on any atom is 0.0576 e. The number of hydrogen-bond acceptors (Lipinski definition) is 2. The first-order valence-corrected chi connectivity index (χ1v) is 6.23. The molecule has 2 nitrogen and oxygen atoms in total. The lowest BCUT2D eigenvalue weighted by molar-refractivity contribution is 1.10. The second-order valence-electron chi connectivity index (χ2n) is 4.80. The van der Waals surface area contributed by atoms with Crippen LogP contribution in [0.3, 0.4) is 0 Å². The van der Waals surface area contributed by atoms with Gasteiger partial charge in [-0.1, -0.05) is 24.3 Å². The molecule has 2 heteroatoms. The SMILES string of the molecule is Cc1cc(C)c(CNc2ccccc2N)cc1C. The maximum absolute atomic E-state index is 5.91. The Hall–Kier alpha value is -1.96. The Morgan fingerprint density at radius 2 is 1.61 bits per heavy atom. The van der Waals surface area contributed by atoms with Crippen molar-refractivity contribution < 1.29 is 0 Å². The summed E-state index contributed by atoms with van der Waals surface area (Å²) in [5.74, 6) is 0. The van der Waals surface area contributed by atoms with Gasteiger partial charge in [0.25, 0.3) is 0 Å². The predicted molar refractivity (Wildman–Crippen MR) is 78.8 cm³/mol. The van der Waals surface area contributed by atoms with Crippen molar-refractivity contribution in [3.8, 4) is 0 Å². The third-order valence-corrected chi connectivity index (χ3v) is 3.38. The van der Waals surface area contributed by atoms with Gasteiger partial charge in [0.2, 0.25) is 0 Å². The number of para-hydroxylation sites is 2. The number of rotatable bonds is 3.